The van der Waals surface area contributed by atoms with E-state index in [2.05, 4.69) is 54.4 Å². The zero-order valence-electron chi connectivity index (χ0n) is 28.9. The first kappa shape index (κ1) is 31.9. The molecule has 0 saturated heterocycles. The molecule has 7 nitrogen and oxygen atoms in total. The zero-order valence-corrected chi connectivity index (χ0v) is 28.9. The van der Waals surface area contributed by atoms with Crippen LogP contribution in [-0.4, -0.2) is 18.5 Å². The van der Waals surface area contributed by atoms with Gasteiger partial charge in [-0.2, -0.15) is 0 Å². The van der Waals surface area contributed by atoms with Gasteiger partial charge in [0, 0.05) is 34.7 Å². The minimum atomic E-state index is -1.38. The average Bonchev–Trinajstić information content (AvgIpc) is 3.43. The number of benzene rings is 6. The van der Waals surface area contributed by atoms with Crippen molar-refractivity contribution in [1.29, 1.82) is 0 Å². The van der Waals surface area contributed by atoms with Crippen LogP contribution in [0.15, 0.2) is 133 Å². The summed E-state index contributed by atoms with van der Waals surface area (Å²) in [4.78, 5) is 32.5. The number of nitrogens with zero attached hydrogens (tertiary/aromatic N) is 2. The Kier molecular flexibility index (Phi) is 7.83. The van der Waals surface area contributed by atoms with Gasteiger partial charge in [-0.25, -0.2) is 9.59 Å². The summed E-state index contributed by atoms with van der Waals surface area (Å²) in [5, 5.41) is 3.15. The number of ether oxygens (including phenoxy) is 2. The van der Waals surface area contributed by atoms with Crippen molar-refractivity contribution in [2.45, 2.75) is 33.3 Å². The Morgan fingerprint density at radius 3 is 2.08 bits per heavy atom. The number of hydrogen-bond donors (Lipinski definition) is 1. The average molecular weight is 672 g/mol. The molecule has 0 radical (unpaired) electrons. The molecule has 1 atom stereocenters. The van der Waals surface area contributed by atoms with Gasteiger partial charge in [0.25, 0.3) is 0 Å². The lowest BCUT2D eigenvalue weighted by Crippen LogP contribution is -2.38. The fourth-order valence-corrected chi connectivity index (χ4v) is 7.26. The lowest BCUT2D eigenvalue weighted by atomic mass is 9.76. The van der Waals surface area contributed by atoms with Gasteiger partial charge < -0.3 is 19.7 Å². The number of esters is 1. The highest BCUT2D eigenvalue weighted by atomic mass is 16.6. The second-order valence-corrected chi connectivity index (χ2v) is 13.0. The van der Waals surface area contributed by atoms with Crippen LogP contribution in [0.5, 0.6) is 11.5 Å². The Morgan fingerprint density at radius 2 is 1.33 bits per heavy atom. The van der Waals surface area contributed by atoms with E-state index in [1.165, 1.54) is 5.56 Å². The molecule has 1 unspecified atom stereocenters. The molecule has 1 N–H and O–H groups in total. The zero-order chi connectivity index (χ0) is 35.3. The van der Waals surface area contributed by atoms with Gasteiger partial charge >= 0.3 is 12.0 Å². The highest BCUT2D eigenvalue weighted by Crippen LogP contribution is 2.59. The van der Waals surface area contributed by atoms with E-state index in [4.69, 9.17) is 9.47 Å². The Morgan fingerprint density at radius 1 is 0.686 bits per heavy atom. The molecular formula is C44H37N3O4. The molecule has 252 valence electrons. The highest BCUT2D eigenvalue weighted by molar-refractivity contribution is 6.09. The number of urea groups is 1. The number of fused-ring (bicyclic) bond motifs is 6. The number of nitrogens with one attached hydrogen (secondary N) is 1. The largest absolute Gasteiger partial charge is 0.456 e. The molecule has 8 rings (SSSR count). The number of aryl methyl sites for hydroxylation is 3. The van der Waals surface area contributed by atoms with Gasteiger partial charge in [-0.1, -0.05) is 83.9 Å². The van der Waals surface area contributed by atoms with Crippen molar-refractivity contribution in [3.8, 4) is 11.5 Å². The summed E-state index contributed by atoms with van der Waals surface area (Å²) in [6.07, 6.45) is 0. The predicted octanol–water partition coefficient (Wildman–Crippen LogP) is 10.7. The lowest BCUT2D eigenvalue weighted by molar-refractivity contribution is 0.0226. The smallest absolute Gasteiger partial charge is 0.340 e. The first-order valence-electron chi connectivity index (χ1n) is 17.1. The molecule has 0 saturated carbocycles. The summed E-state index contributed by atoms with van der Waals surface area (Å²) in [7, 11) is 0. The second kappa shape index (κ2) is 12.5. The Bertz CT molecular complexity index is 2320. The van der Waals surface area contributed by atoms with Crippen LogP contribution in [0.1, 0.15) is 50.7 Å². The minimum absolute atomic E-state index is 0.377. The maximum atomic E-state index is 14.9. The Labute approximate surface area is 297 Å². The van der Waals surface area contributed by atoms with Crippen molar-refractivity contribution in [3.05, 3.63) is 172 Å². The number of carbonyl (C=O) groups is 2. The van der Waals surface area contributed by atoms with Crippen molar-refractivity contribution in [2.24, 2.45) is 0 Å². The van der Waals surface area contributed by atoms with Crippen LogP contribution in [-0.2, 0) is 10.3 Å². The molecule has 6 aromatic rings. The molecule has 51 heavy (non-hydrogen) atoms. The van der Waals surface area contributed by atoms with Gasteiger partial charge in [0.1, 0.15) is 11.5 Å². The molecule has 0 aliphatic carbocycles. The van der Waals surface area contributed by atoms with E-state index in [0.717, 1.165) is 22.5 Å². The summed E-state index contributed by atoms with van der Waals surface area (Å²) in [5.41, 5.74) is 8.00. The third-order valence-corrected chi connectivity index (χ3v) is 9.77. The topological polar surface area (TPSA) is 71.1 Å². The Hall–Kier alpha value is -6.34. The molecule has 2 aliphatic rings. The van der Waals surface area contributed by atoms with E-state index in [9.17, 15) is 9.59 Å². The number of hydrogen-bond acceptors (Lipinski definition) is 5. The normalized spacial score (nSPS) is 15.3. The second-order valence-electron chi connectivity index (χ2n) is 13.0. The van der Waals surface area contributed by atoms with E-state index < -0.39 is 11.6 Å². The van der Waals surface area contributed by atoms with Crippen molar-refractivity contribution < 1.29 is 19.1 Å². The molecule has 0 bridgehead atoms. The molecule has 1 spiro atoms. The third-order valence-electron chi connectivity index (χ3n) is 9.77. The number of amides is 2. The van der Waals surface area contributed by atoms with Gasteiger partial charge in [0.2, 0.25) is 0 Å². The summed E-state index contributed by atoms with van der Waals surface area (Å²) < 4.78 is 13.1. The highest BCUT2D eigenvalue weighted by Gasteiger charge is 2.55. The molecule has 2 heterocycles. The molecule has 6 aromatic carbocycles. The van der Waals surface area contributed by atoms with Crippen LogP contribution in [0, 0.1) is 20.8 Å². The third kappa shape index (κ3) is 5.29. The molecular weight excluding hydrogens is 635 g/mol. The van der Waals surface area contributed by atoms with Gasteiger partial charge in [0.15, 0.2) is 5.60 Å². The first-order chi connectivity index (χ1) is 24.8. The van der Waals surface area contributed by atoms with E-state index in [-0.39, 0.29) is 6.03 Å². The van der Waals surface area contributed by atoms with Gasteiger partial charge in [0.05, 0.1) is 22.5 Å². The quantitative estimate of drug-likeness (QED) is 0.178. The number of anilines is 5. The van der Waals surface area contributed by atoms with Crippen LogP contribution >= 0.6 is 0 Å². The minimum Gasteiger partial charge on any atom is -0.456 e. The van der Waals surface area contributed by atoms with Crippen LogP contribution in [0.3, 0.4) is 0 Å². The van der Waals surface area contributed by atoms with Crippen LogP contribution in [0.25, 0.3) is 0 Å². The van der Waals surface area contributed by atoms with E-state index in [0.29, 0.717) is 57.4 Å². The summed E-state index contributed by atoms with van der Waals surface area (Å²) in [6.45, 7) is 8.90. The number of carbonyl (C=O) groups excluding carboxylic acids is 2. The van der Waals surface area contributed by atoms with Gasteiger partial charge in [-0.15, -0.1) is 0 Å². The fraction of sp³-hybridized carbons (Fsp3) is 0.136. The monoisotopic (exact) mass is 671 g/mol. The van der Waals surface area contributed by atoms with Crippen LogP contribution in [0.2, 0.25) is 0 Å². The van der Waals surface area contributed by atoms with Crippen molar-refractivity contribution in [1.82, 2.24) is 0 Å². The maximum Gasteiger partial charge on any atom is 0.340 e. The summed E-state index contributed by atoms with van der Waals surface area (Å²) >= 11 is 0. The number of rotatable bonds is 6. The first-order valence-corrected chi connectivity index (χ1v) is 17.1. The maximum absolute atomic E-state index is 14.9. The van der Waals surface area contributed by atoms with Crippen LogP contribution in [0.4, 0.5) is 33.2 Å². The van der Waals surface area contributed by atoms with E-state index >= 15 is 0 Å². The fourth-order valence-electron chi connectivity index (χ4n) is 7.26. The van der Waals surface area contributed by atoms with Crippen molar-refractivity contribution in [3.63, 3.8) is 0 Å². The summed E-state index contributed by atoms with van der Waals surface area (Å²) in [6, 6.07) is 42.6. The van der Waals surface area contributed by atoms with Crippen LogP contribution < -0.4 is 19.9 Å². The molecule has 7 heteroatoms. The van der Waals surface area contributed by atoms with E-state index in [1.807, 2.05) is 111 Å². The van der Waals surface area contributed by atoms with Crippen molar-refractivity contribution >= 4 is 40.4 Å². The molecule has 0 fully saturated rings. The Balaban J connectivity index is 1.37. The standard InChI is InChI=1S/C44H37N3O4/c1-5-46(32-24-19-29(3)20-25-32)33-26-21-30(4)38(27-33)47(43(49)45-31-22-17-28(2)18-23-31)37-14-10-16-40-41(37)44(36-13-8-9-15-39(36)50-40)35-12-7-6-11-34(35)42(48)51-44/h6-27H,5H2,1-4H3,(H,45,49). The molecule has 0 aromatic heterocycles. The molecule has 2 aliphatic heterocycles. The SMILES string of the molecule is CCN(c1ccc(C)cc1)c1ccc(C)c(N(C(=O)Nc2ccc(C)cc2)c2cccc3c2C2(OC(=O)c4ccccc42)c2ccccc2O3)c1. The van der Waals surface area contributed by atoms with Gasteiger partial charge in [-0.05, 0) is 93.9 Å². The number of para-hydroxylation sites is 1. The van der Waals surface area contributed by atoms with E-state index in [1.54, 1.807) is 11.0 Å². The van der Waals surface area contributed by atoms with Gasteiger partial charge in [-0.3, -0.25) is 4.90 Å². The van der Waals surface area contributed by atoms with Crippen molar-refractivity contribution in [2.75, 3.05) is 21.7 Å². The molecule has 2 amide bonds. The lowest BCUT2D eigenvalue weighted by Gasteiger charge is -2.39. The summed E-state index contributed by atoms with van der Waals surface area (Å²) in [5.74, 6) is 0.637. The predicted molar refractivity (Wildman–Crippen MR) is 202 cm³/mol.